The third-order valence-corrected chi connectivity index (χ3v) is 2.31. The average molecular weight is 212 g/mol. The summed E-state index contributed by atoms with van der Waals surface area (Å²) in [5.74, 6) is 0.570. The van der Waals surface area contributed by atoms with Gasteiger partial charge in [-0.25, -0.2) is 0 Å². The van der Waals surface area contributed by atoms with Gasteiger partial charge in [-0.2, -0.15) is 0 Å². The summed E-state index contributed by atoms with van der Waals surface area (Å²) in [4.78, 5) is 12.9. The van der Waals surface area contributed by atoms with Crippen LogP contribution in [0, 0.1) is 0 Å². The fourth-order valence-corrected chi connectivity index (χ4v) is 1.63. The predicted molar refractivity (Wildman–Crippen MR) is 60.4 cm³/mol. The summed E-state index contributed by atoms with van der Waals surface area (Å²) in [6.07, 6.45) is 0.881. The van der Waals surface area contributed by atoms with Gasteiger partial charge in [0, 0.05) is 30.2 Å². The van der Waals surface area contributed by atoms with Crippen molar-refractivity contribution >= 4 is 23.6 Å². The molecule has 14 heavy (non-hydrogen) atoms. The van der Waals surface area contributed by atoms with E-state index in [2.05, 4.69) is 4.90 Å². The number of alkyl halides is 1. The van der Waals surface area contributed by atoms with E-state index >= 15 is 0 Å². The molecule has 1 aromatic rings. The lowest BCUT2D eigenvalue weighted by Crippen LogP contribution is -2.25. The molecule has 0 amide bonds. The normalized spacial score (nSPS) is 9.86. The number of rotatable bonds is 5. The fraction of sp³-hybridized carbons (Fsp3) is 0.364. The standard InChI is InChI=1S/C11H14ClNO/c1-2-13(8-7-12)11-6-4-3-5-10(11)9-14/h3-6,9H,2,7-8H2,1H3. The van der Waals surface area contributed by atoms with Crippen LogP contribution in [-0.4, -0.2) is 25.3 Å². The largest absolute Gasteiger partial charge is 0.370 e. The second-order valence-corrected chi connectivity index (χ2v) is 3.32. The molecular formula is C11H14ClNO. The average Bonchev–Trinajstić information content (AvgIpc) is 2.26. The molecular weight excluding hydrogens is 198 g/mol. The SMILES string of the molecule is CCN(CCCl)c1ccccc1C=O. The van der Waals surface area contributed by atoms with Crippen LogP contribution < -0.4 is 4.90 Å². The molecule has 0 aromatic heterocycles. The van der Waals surface area contributed by atoms with Crippen molar-refractivity contribution in [2.45, 2.75) is 6.92 Å². The van der Waals surface area contributed by atoms with Crippen molar-refractivity contribution in [2.24, 2.45) is 0 Å². The maximum Gasteiger partial charge on any atom is 0.152 e. The fourth-order valence-electron chi connectivity index (χ4n) is 1.43. The van der Waals surface area contributed by atoms with Gasteiger partial charge in [0.25, 0.3) is 0 Å². The Kier molecular flexibility index (Phi) is 4.47. The zero-order chi connectivity index (χ0) is 10.4. The second-order valence-electron chi connectivity index (χ2n) is 2.95. The summed E-state index contributed by atoms with van der Waals surface area (Å²) in [5, 5.41) is 0. The molecule has 0 aliphatic carbocycles. The zero-order valence-corrected chi connectivity index (χ0v) is 9.00. The third-order valence-electron chi connectivity index (χ3n) is 2.14. The van der Waals surface area contributed by atoms with Gasteiger partial charge in [-0.1, -0.05) is 12.1 Å². The van der Waals surface area contributed by atoms with Crippen LogP contribution in [0.5, 0.6) is 0 Å². The minimum atomic E-state index is 0.570. The number of aldehydes is 1. The predicted octanol–water partition coefficient (Wildman–Crippen LogP) is 2.56. The minimum Gasteiger partial charge on any atom is -0.370 e. The maximum absolute atomic E-state index is 10.8. The Morgan fingerprint density at radius 2 is 2.14 bits per heavy atom. The molecule has 76 valence electrons. The molecule has 0 aliphatic heterocycles. The lowest BCUT2D eigenvalue weighted by Gasteiger charge is -2.23. The van der Waals surface area contributed by atoms with Gasteiger partial charge in [0.15, 0.2) is 6.29 Å². The van der Waals surface area contributed by atoms with Crippen molar-refractivity contribution in [3.05, 3.63) is 29.8 Å². The summed E-state index contributed by atoms with van der Waals surface area (Å²) in [6, 6.07) is 7.56. The van der Waals surface area contributed by atoms with E-state index in [0.29, 0.717) is 5.88 Å². The van der Waals surface area contributed by atoms with E-state index in [1.165, 1.54) is 0 Å². The van der Waals surface area contributed by atoms with Crippen LogP contribution in [0.2, 0.25) is 0 Å². The van der Waals surface area contributed by atoms with E-state index in [1.54, 1.807) is 0 Å². The van der Waals surface area contributed by atoms with Crippen molar-refractivity contribution in [3.8, 4) is 0 Å². The van der Waals surface area contributed by atoms with E-state index in [1.807, 2.05) is 31.2 Å². The quantitative estimate of drug-likeness (QED) is 0.551. The van der Waals surface area contributed by atoms with E-state index in [-0.39, 0.29) is 0 Å². The van der Waals surface area contributed by atoms with Gasteiger partial charge >= 0.3 is 0 Å². The number of nitrogens with zero attached hydrogens (tertiary/aromatic N) is 1. The number of halogens is 1. The number of benzene rings is 1. The van der Waals surface area contributed by atoms with Crippen LogP contribution >= 0.6 is 11.6 Å². The topological polar surface area (TPSA) is 20.3 Å². The Morgan fingerprint density at radius 3 is 2.71 bits per heavy atom. The number of para-hydroxylation sites is 1. The zero-order valence-electron chi connectivity index (χ0n) is 8.24. The molecule has 2 nitrogen and oxygen atoms in total. The summed E-state index contributed by atoms with van der Waals surface area (Å²) < 4.78 is 0. The molecule has 0 saturated heterocycles. The van der Waals surface area contributed by atoms with E-state index in [9.17, 15) is 4.79 Å². The summed E-state index contributed by atoms with van der Waals surface area (Å²) in [5.41, 5.74) is 1.69. The Balaban J connectivity index is 2.95. The summed E-state index contributed by atoms with van der Waals surface area (Å²) in [7, 11) is 0. The van der Waals surface area contributed by atoms with Gasteiger partial charge in [-0.3, -0.25) is 4.79 Å². The molecule has 1 aromatic carbocycles. The number of carbonyl (C=O) groups excluding carboxylic acids is 1. The van der Waals surface area contributed by atoms with Gasteiger partial charge < -0.3 is 4.90 Å². The molecule has 0 unspecified atom stereocenters. The van der Waals surface area contributed by atoms with Gasteiger partial charge in [0.05, 0.1) is 0 Å². The van der Waals surface area contributed by atoms with Crippen molar-refractivity contribution in [1.82, 2.24) is 0 Å². The van der Waals surface area contributed by atoms with Crippen molar-refractivity contribution in [2.75, 3.05) is 23.9 Å². The third kappa shape index (κ3) is 2.48. The summed E-state index contributed by atoms with van der Waals surface area (Å²) in [6.45, 7) is 3.68. The molecule has 0 saturated carbocycles. The monoisotopic (exact) mass is 211 g/mol. The maximum atomic E-state index is 10.8. The van der Waals surface area contributed by atoms with Crippen LogP contribution in [0.25, 0.3) is 0 Å². The number of hydrogen-bond acceptors (Lipinski definition) is 2. The first-order valence-electron chi connectivity index (χ1n) is 4.68. The van der Waals surface area contributed by atoms with Crippen molar-refractivity contribution in [3.63, 3.8) is 0 Å². The van der Waals surface area contributed by atoms with E-state index < -0.39 is 0 Å². The Bertz CT molecular complexity index is 301. The van der Waals surface area contributed by atoms with Crippen LogP contribution in [0.1, 0.15) is 17.3 Å². The molecule has 0 atom stereocenters. The molecule has 0 N–H and O–H groups in total. The van der Waals surface area contributed by atoms with E-state index in [4.69, 9.17) is 11.6 Å². The van der Waals surface area contributed by atoms with Gasteiger partial charge in [0.2, 0.25) is 0 Å². The van der Waals surface area contributed by atoms with Crippen molar-refractivity contribution < 1.29 is 4.79 Å². The molecule has 0 radical (unpaired) electrons. The highest BCUT2D eigenvalue weighted by atomic mass is 35.5. The number of hydrogen-bond donors (Lipinski definition) is 0. The molecule has 0 spiro atoms. The lowest BCUT2D eigenvalue weighted by molar-refractivity contribution is 0.112. The summed E-state index contributed by atoms with van der Waals surface area (Å²) >= 11 is 5.69. The van der Waals surface area contributed by atoms with Crippen molar-refractivity contribution in [1.29, 1.82) is 0 Å². The smallest absolute Gasteiger partial charge is 0.152 e. The lowest BCUT2D eigenvalue weighted by atomic mass is 10.2. The molecule has 0 heterocycles. The van der Waals surface area contributed by atoms with Gasteiger partial charge in [-0.05, 0) is 19.1 Å². The molecule has 0 aliphatic rings. The van der Waals surface area contributed by atoms with Crippen LogP contribution in [-0.2, 0) is 0 Å². The number of anilines is 1. The molecule has 3 heteroatoms. The second kappa shape index (κ2) is 5.66. The first kappa shape index (κ1) is 11.1. The Morgan fingerprint density at radius 1 is 1.43 bits per heavy atom. The molecule has 0 bridgehead atoms. The first-order valence-corrected chi connectivity index (χ1v) is 5.22. The van der Waals surface area contributed by atoms with Crippen LogP contribution in [0.4, 0.5) is 5.69 Å². The van der Waals surface area contributed by atoms with E-state index in [0.717, 1.165) is 30.6 Å². The van der Waals surface area contributed by atoms with Gasteiger partial charge in [-0.15, -0.1) is 11.6 Å². The highest BCUT2D eigenvalue weighted by molar-refractivity contribution is 6.18. The highest BCUT2D eigenvalue weighted by Crippen LogP contribution is 2.18. The molecule has 0 fully saturated rings. The molecule has 1 rings (SSSR count). The Labute approximate surface area is 89.5 Å². The van der Waals surface area contributed by atoms with Gasteiger partial charge in [0.1, 0.15) is 0 Å². The van der Waals surface area contributed by atoms with Crippen LogP contribution in [0.3, 0.4) is 0 Å². The highest BCUT2D eigenvalue weighted by Gasteiger charge is 2.07. The first-order chi connectivity index (χ1) is 6.83. The minimum absolute atomic E-state index is 0.570. The Hall–Kier alpha value is -1.02. The van der Waals surface area contributed by atoms with Crippen LogP contribution in [0.15, 0.2) is 24.3 Å². The number of carbonyl (C=O) groups is 1.